The van der Waals surface area contributed by atoms with Gasteiger partial charge in [0, 0.05) is 23.3 Å². The van der Waals surface area contributed by atoms with Crippen LogP contribution in [0.25, 0.3) is 33.2 Å². The van der Waals surface area contributed by atoms with Gasteiger partial charge >= 0.3 is 0 Å². The van der Waals surface area contributed by atoms with Gasteiger partial charge < -0.3 is 9.55 Å². The fraction of sp³-hybridized carbons (Fsp3) is 0.158. The van der Waals surface area contributed by atoms with Crippen molar-refractivity contribution in [2.75, 3.05) is 0 Å². The van der Waals surface area contributed by atoms with Gasteiger partial charge in [-0.2, -0.15) is 0 Å². The van der Waals surface area contributed by atoms with Gasteiger partial charge in [-0.3, -0.25) is 4.79 Å². The quantitative estimate of drug-likeness (QED) is 0.605. The minimum Gasteiger partial charge on any atom is -0.345 e. The van der Waals surface area contributed by atoms with Gasteiger partial charge in [0.2, 0.25) is 0 Å². The Morgan fingerprint density at radius 1 is 1.09 bits per heavy atom. The first-order valence-electron chi connectivity index (χ1n) is 7.73. The second-order valence-corrected chi connectivity index (χ2v) is 6.02. The van der Waals surface area contributed by atoms with E-state index in [1.54, 1.807) is 6.07 Å². The molecule has 2 aromatic heterocycles. The molecule has 0 aliphatic heterocycles. The summed E-state index contributed by atoms with van der Waals surface area (Å²) in [5.74, 6) is 0.604. The number of H-pyrrole nitrogens is 1. The summed E-state index contributed by atoms with van der Waals surface area (Å²) < 4.78 is 2.22. The molecule has 0 unspecified atom stereocenters. The minimum atomic E-state index is -0.107. The predicted octanol–water partition coefficient (Wildman–Crippen LogP) is 4.13. The molecular weight excluding hydrogens is 286 g/mol. The van der Waals surface area contributed by atoms with Crippen molar-refractivity contribution in [1.29, 1.82) is 0 Å². The number of hydrogen-bond donors (Lipinski definition) is 1. The van der Waals surface area contributed by atoms with Gasteiger partial charge in [0.25, 0.3) is 5.56 Å². The predicted molar refractivity (Wildman–Crippen MR) is 93.7 cm³/mol. The smallest absolute Gasteiger partial charge is 0.259 e. The molecule has 4 nitrogen and oxygen atoms in total. The number of para-hydroxylation sites is 1. The number of nitrogens with zero attached hydrogens (tertiary/aromatic N) is 2. The third kappa shape index (κ3) is 2.23. The Hall–Kier alpha value is -2.88. The molecule has 2 aromatic carbocycles. The van der Waals surface area contributed by atoms with E-state index in [2.05, 4.69) is 52.8 Å². The Balaban J connectivity index is 1.95. The molecule has 0 aliphatic rings. The highest BCUT2D eigenvalue weighted by Crippen LogP contribution is 2.25. The molecule has 0 fully saturated rings. The largest absolute Gasteiger partial charge is 0.345 e. The SMILES string of the molecule is CC(C)n1ccc2ccc(-c3nc4ccccc4c(=O)[nH]3)cc21. The fourth-order valence-electron chi connectivity index (χ4n) is 2.97. The summed E-state index contributed by atoms with van der Waals surface area (Å²) in [6.07, 6.45) is 2.09. The van der Waals surface area contributed by atoms with E-state index in [9.17, 15) is 4.79 Å². The number of benzene rings is 2. The summed E-state index contributed by atoms with van der Waals surface area (Å²) >= 11 is 0. The second-order valence-electron chi connectivity index (χ2n) is 6.02. The summed E-state index contributed by atoms with van der Waals surface area (Å²) in [6.45, 7) is 4.31. The van der Waals surface area contributed by atoms with E-state index in [1.165, 1.54) is 5.39 Å². The van der Waals surface area contributed by atoms with Gasteiger partial charge in [0.05, 0.1) is 10.9 Å². The van der Waals surface area contributed by atoms with Gasteiger partial charge in [-0.1, -0.05) is 24.3 Å². The van der Waals surface area contributed by atoms with Crippen molar-refractivity contribution in [2.45, 2.75) is 19.9 Å². The zero-order valence-electron chi connectivity index (χ0n) is 13.1. The molecule has 4 aromatic rings. The van der Waals surface area contributed by atoms with Gasteiger partial charge in [0.1, 0.15) is 5.82 Å². The first-order chi connectivity index (χ1) is 11.1. The van der Waals surface area contributed by atoms with Crippen LogP contribution in [0.15, 0.2) is 59.5 Å². The molecule has 0 radical (unpaired) electrons. The number of nitrogens with one attached hydrogen (secondary N) is 1. The van der Waals surface area contributed by atoms with Crippen molar-refractivity contribution >= 4 is 21.8 Å². The van der Waals surface area contributed by atoms with E-state index in [0.29, 0.717) is 22.8 Å². The number of aromatic nitrogens is 3. The average Bonchev–Trinajstić information content (AvgIpc) is 2.98. The third-order valence-electron chi connectivity index (χ3n) is 4.17. The maximum absolute atomic E-state index is 12.3. The van der Waals surface area contributed by atoms with Crippen LogP contribution in [0.2, 0.25) is 0 Å². The number of hydrogen-bond acceptors (Lipinski definition) is 2. The Labute approximate surface area is 133 Å². The highest BCUT2D eigenvalue weighted by Gasteiger charge is 2.09. The van der Waals surface area contributed by atoms with E-state index in [4.69, 9.17) is 0 Å². The molecule has 0 spiro atoms. The Morgan fingerprint density at radius 3 is 2.74 bits per heavy atom. The normalized spacial score (nSPS) is 11.6. The molecule has 2 heterocycles. The van der Waals surface area contributed by atoms with E-state index >= 15 is 0 Å². The lowest BCUT2D eigenvalue weighted by molar-refractivity contribution is 0.623. The van der Waals surface area contributed by atoms with Crippen LogP contribution in [0.5, 0.6) is 0 Å². The Morgan fingerprint density at radius 2 is 1.91 bits per heavy atom. The zero-order chi connectivity index (χ0) is 16.0. The molecule has 1 N–H and O–H groups in total. The van der Waals surface area contributed by atoms with E-state index in [0.717, 1.165) is 11.1 Å². The molecule has 4 rings (SSSR count). The van der Waals surface area contributed by atoms with Crippen LogP contribution < -0.4 is 5.56 Å². The van der Waals surface area contributed by atoms with Gasteiger partial charge in [-0.25, -0.2) is 4.98 Å². The first kappa shape index (κ1) is 13.8. The Kier molecular flexibility index (Phi) is 3.05. The zero-order valence-corrected chi connectivity index (χ0v) is 13.1. The van der Waals surface area contributed by atoms with E-state index in [1.807, 2.05) is 24.3 Å². The standard InChI is InChI=1S/C19H17N3O/c1-12(2)22-10-9-13-7-8-14(11-17(13)22)18-20-16-6-4-3-5-15(16)19(23)21-18/h3-12H,1-2H3,(H,20,21,23). The van der Waals surface area contributed by atoms with Crippen LogP contribution in [-0.2, 0) is 0 Å². The van der Waals surface area contributed by atoms with Crippen molar-refractivity contribution in [1.82, 2.24) is 14.5 Å². The lowest BCUT2D eigenvalue weighted by atomic mass is 10.1. The summed E-state index contributed by atoms with van der Waals surface area (Å²) in [4.78, 5) is 19.8. The number of aromatic amines is 1. The molecule has 0 atom stereocenters. The number of fused-ring (bicyclic) bond motifs is 2. The van der Waals surface area contributed by atoms with Crippen LogP contribution in [-0.4, -0.2) is 14.5 Å². The van der Waals surface area contributed by atoms with Crippen LogP contribution >= 0.6 is 0 Å². The summed E-state index contributed by atoms with van der Waals surface area (Å²) in [6, 6.07) is 16.0. The van der Waals surface area contributed by atoms with E-state index < -0.39 is 0 Å². The maximum atomic E-state index is 12.3. The van der Waals surface area contributed by atoms with Crippen molar-refractivity contribution in [3.8, 4) is 11.4 Å². The first-order valence-corrected chi connectivity index (χ1v) is 7.73. The molecule has 4 heteroatoms. The van der Waals surface area contributed by atoms with Crippen LogP contribution in [0.3, 0.4) is 0 Å². The highest BCUT2D eigenvalue weighted by atomic mass is 16.1. The Bertz CT molecular complexity index is 1070. The van der Waals surface area contributed by atoms with Crippen molar-refractivity contribution in [2.24, 2.45) is 0 Å². The monoisotopic (exact) mass is 303 g/mol. The topological polar surface area (TPSA) is 50.7 Å². The van der Waals surface area contributed by atoms with Gasteiger partial charge in [-0.05, 0) is 43.5 Å². The highest BCUT2D eigenvalue weighted by molar-refractivity contribution is 5.85. The summed E-state index contributed by atoms with van der Waals surface area (Å²) in [5.41, 5.74) is 2.67. The van der Waals surface area contributed by atoms with Crippen molar-refractivity contribution < 1.29 is 0 Å². The van der Waals surface area contributed by atoms with Gasteiger partial charge in [0.15, 0.2) is 0 Å². The van der Waals surface area contributed by atoms with Crippen LogP contribution in [0.4, 0.5) is 0 Å². The van der Waals surface area contributed by atoms with Crippen molar-refractivity contribution in [3.05, 3.63) is 65.1 Å². The molecule has 0 saturated carbocycles. The molecule has 23 heavy (non-hydrogen) atoms. The number of rotatable bonds is 2. The second kappa shape index (κ2) is 5.09. The summed E-state index contributed by atoms with van der Waals surface area (Å²) in [5, 5.41) is 1.80. The molecule has 114 valence electrons. The molecule has 0 bridgehead atoms. The third-order valence-corrected chi connectivity index (χ3v) is 4.17. The van der Waals surface area contributed by atoms with Crippen molar-refractivity contribution in [3.63, 3.8) is 0 Å². The molecular formula is C19H17N3O. The maximum Gasteiger partial charge on any atom is 0.259 e. The van der Waals surface area contributed by atoms with Crippen LogP contribution in [0.1, 0.15) is 19.9 Å². The fourth-order valence-corrected chi connectivity index (χ4v) is 2.97. The molecule has 0 aliphatic carbocycles. The van der Waals surface area contributed by atoms with Gasteiger partial charge in [-0.15, -0.1) is 0 Å². The lowest BCUT2D eigenvalue weighted by Gasteiger charge is -2.10. The average molecular weight is 303 g/mol. The molecule has 0 amide bonds. The minimum absolute atomic E-state index is 0.107. The lowest BCUT2D eigenvalue weighted by Crippen LogP contribution is -2.09. The van der Waals surface area contributed by atoms with Crippen LogP contribution in [0, 0.1) is 0 Å². The van der Waals surface area contributed by atoms with E-state index in [-0.39, 0.29) is 5.56 Å². The molecule has 0 saturated heterocycles. The summed E-state index contributed by atoms with van der Waals surface area (Å²) in [7, 11) is 0.